The molecule has 138 valence electrons. The lowest BCUT2D eigenvalue weighted by molar-refractivity contribution is 1.30. The Hall–Kier alpha value is -4.18. The van der Waals surface area contributed by atoms with E-state index in [1.165, 1.54) is 16.2 Å². The van der Waals surface area contributed by atoms with Gasteiger partial charge >= 0.3 is 0 Å². The minimum absolute atomic E-state index is 0.865. The minimum Gasteiger partial charge on any atom is -0.253 e. The second-order valence-corrected chi connectivity index (χ2v) is 7.63. The molecular weight excluding hydrogens is 368 g/mol. The van der Waals surface area contributed by atoms with Gasteiger partial charge in [-0.2, -0.15) is 0 Å². The van der Waals surface area contributed by atoms with Gasteiger partial charge in [0, 0.05) is 23.2 Å². The molecule has 0 spiro atoms. The van der Waals surface area contributed by atoms with Gasteiger partial charge in [0.2, 0.25) is 0 Å². The van der Waals surface area contributed by atoms with E-state index in [2.05, 4.69) is 76.7 Å². The molecule has 4 nitrogen and oxygen atoms in total. The zero-order valence-corrected chi connectivity index (χ0v) is 15.9. The lowest BCUT2D eigenvalue weighted by Crippen LogP contribution is -1.91. The summed E-state index contributed by atoms with van der Waals surface area (Å²) in [4.78, 5) is 19.0. The first-order valence-corrected chi connectivity index (χ1v) is 9.90. The van der Waals surface area contributed by atoms with Gasteiger partial charge in [-0.25, -0.2) is 9.97 Å². The van der Waals surface area contributed by atoms with Crippen molar-refractivity contribution < 1.29 is 0 Å². The van der Waals surface area contributed by atoms with Gasteiger partial charge < -0.3 is 0 Å². The third-order valence-corrected chi connectivity index (χ3v) is 5.86. The predicted octanol–water partition coefficient (Wildman–Crippen LogP) is 6.19. The van der Waals surface area contributed by atoms with Gasteiger partial charge in [0.1, 0.15) is 0 Å². The van der Waals surface area contributed by atoms with Crippen LogP contribution in [0.3, 0.4) is 0 Å². The van der Waals surface area contributed by atoms with Crippen molar-refractivity contribution in [2.24, 2.45) is 0 Å². The fourth-order valence-corrected chi connectivity index (χ4v) is 4.40. The number of benzene rings is 5. The number of hydrogen-bond acceptors (Lipinski definition) is 4. The second kappa shape index (κ2) is 5.67. The standard InChI is InChI=1S/C26H14N4/c1-2-4-16-12-19-17(11-15(16)3-1)5-7-21-25(19)29-22-8-6-18-13-23-24(28-10-9-27-23)14-20(18)26(22)30-21/h1-14H. The summed E-state index contributed by atoms with van der Waals surface area (Å²) in [5.41, 5.74) is 5.37. The molecule has 30 heavy (non-hydrogen) atoms. The highest BCUT2D eigenvalue weighted by Crippen LogP contribution is 2.31. The maximum absolute atomic E-state index is 5.04. The molecule has 2 aromatic heterocycles. The molecule has 5 aromatic carbocycles. The van der Waals surface area contributed by atoms with E-state index < -0.39 is 0 Å². The molecule has 7 aromatic rings. The maximum Gasteiger partial charge on any atom is 0.0973 e. The van der Waals surface area contributed by atoms with Crippen LogP contribution in [-0.4, -0.2) is 19.9 Å². The first-order chi connectivity index (χ1) is 14.8. The fraction of sp³-hybridized carbons (Fsp3) is 0. The monoisotopic (exact) mass is 382 g/mol. The topological polar surface area (TPSA) is 51.6 Å². The van der Waals surface area contributed by atoms with Crippen molar-refractivity contribution in [2.45, 2.75) is 0 Å². The summed E-state index contributed by atoms with van der Waals surface area (Å²) in [6, 6.07) is 25.3. The largest absolute Gasteiger partial charge is 0.253 e. The Morgan fingerprint density at radius 1 is 0.433 bits per heavy atom. The summed E-state index contributed by atoms with van der Waals surface area (Å²) in [6.45, 7) is 0. The van der Waals surface area contributed by atoms with E-state index in [-0.39, 0.29) is 0 Å². The number of nitrogens with zero attached hydrogens (tertiary/aromatic N) is 4. The molecule has 0 unspecified atom stereocenters. The number of aromatic nitrogens is 4. The van der Waals surface area contributed by atoms with Crippen molar-refractivity contribution >= 4 is 65.4 Å². The van der Waals surface area contributed by atoms with Crippen molar-refractivity contribution in [1.82, 2.24) is 19.9 Å². The van der Waals surface area contributed by atoms with Crippen molar-refractivity contribution in [3.63, 3.8) is 0 Å². The van der Waals surface area contributed by atoms with Crippen molar-refractivity contribution in [3.8, 4) is 0 Å². The molecule has 2 heterocycles. The number of rotatable bonds is 0. The molecule has 0 saturated heterocycles. The number of fused-ring (bicyclic) bond motifs is 8. The van der Waals surface area contributed by atoms with Crippen molar-refractivity contribution in [1.29, 1.82) is 0 Å². The number of hydrogen-bond donors (Lipinski definition) is 0. The second-order valence-electron chi connectivity index (χ2n) is 7.63. The zero-order valence-electron chi connectivity index (χ0n) is 15.9. The van der Waals surface area contributed by atoms with Crippen LogP contribution in [0.4, 0.5) is 0 Å². The lowest BCUT2D eigenvalue weighted by atomic mass is 10.0. The van der Waals surface area contributed by atoms with Crippen LogP contribution in [0.5, 0.6) is 0 Å². The Bertz CT molecular complexity index is 1670. The first-order valence-electron chi connectivity index (χ1n) is 9.90. The highest BCUT2D eigenvalue weighted by Gasteiger charge is 2.11. The average molecular weight is 382 g/mol. The quantitative estimate of drug-likeness (QED) is 0.232. The fourth-order valence-electron chi connectivity index (χ4n) is 4.40. The van der Waals surface area contributed by atoms with Crippen LogP contribution < -0.4 is 0 Å². The Labute approximate surface area is 170 Å². The molecule has 0 radical (unpaired) electrons. The van der Waals surface area contributed by atoms with Crippen LogP contribution in [0.2, 0.25) is 0 Å². The van der Waals surface area contributed by atoms with E-state index in [4.69, 9.17) is 9.97 Å². The van der Waals surface area contributed by atoms with Gasteiger partial charge in [-0.05, 0) is 57.9 Å². The third kappa shape index (κ3) is 2.16. The minimum atomic E-state index is 0.865. The first kappa shape index (κ1) is 15.7. The Kier molecular flexibility index (Phi) is 2.97. The van der Waals surface area contributed by atoms with Crippen LogP contribution in [0.25, 0.3) is 65.4 Å². The summed E-state index contributed by atoms with van der Waals surface area (Å²) in [7, 11) is 0. The van der Waals surface area contributed by atoms with E-state index in [1.54, 1.807) is 12.4 Å². The van der Waals surface area contributed by atoms with Crippen LogP contribution in [0, 0.1) is 0 Å². The Morgan fingerprint density at radius 2 is 1.00 bits per heavy atom. The summed E-state index contributed by atoms with van der Waals surface area (Å²) in [5, 5.41) is 6.89. The third-order valence-electron chi connectivity index (χ3n) is 5.86. The highest BCUT2D eigenvalue weighted by molar-refractivity contribution is 6.14. The van der Waals surface area contributed by atoms with Crippen molar-refractivity contribution in [3.05, 3.63) is 85.2 Å². The smallest absolute Gasteiger partial charge is 0.0973 e. The molecule has 0 amide bonds. The molecule has 4 heteroatoms. The lowest BCUT2D eigenvalue weighted by Gasteiger charge is -2.09. The molecule has 0 aliphatic carbocycles. The molecule has 0 bridgehead atoms. The summed E-state index contributed by atoms with van der Waals surface area (Å²) in [6.07, 6.45) is 3.44. The Balaban J connectivity index is 1.61. The molecule has 0 atom stereocenters. The molecule has 0 aliphatic heterocycles. The zero-order chi connectivity index (χ0) is 19.7. The van der Waals surface area contributed by atoms with Gasteiger partial charge in [0.15, 0.2) is 0 Å². The molecule has 0 aliphatic rings. The van der Waals surface area contributed by atoms with Gasteiger partial charge in [0.05, 0.1) is 33.1 Å². The van der Waals surface area contributed by atoms with Crippen molar-refractivity contribution in [2.75, 3.05) is 0 Å². The predicted molar refractivity (Wildman–Crippen MR) is 123 cm³/mol. The van der Waals surface area contributed by atoms with Gasteiger partial charge in [0.25, 0.3) is 0 Å². The normalized spacial score (nSPS) is 12.0. The van der Waals surface area contributed by atoms with Gasteiger partial charge in [-0.15, -0.1) is 0 Å². The molecular formula is C26H14N4. The van der Waals surface area contributed by atoms with E-state index in [0.29, 0.717) is 0 Å². The van der Waals surface area contributed by atoms with Gasteiger partial charge in [-0.1, -0.05) is 36.4 Å². The maximum atomic E-state index is 5.04. The average Bonchev–Trinajstić information content (AvgIpc) is 2.80. The summed E-state index contributed by atoms with van der Waals surface area (Å²) in [5.74, 6) is 0. The van der Waals surface area contributed by atoms with Crippen LogP contribution in [0.15, 0.2) is 85.2 Å². The molecule has 0 fully saturated rings. The van der Waals surface area contributed by atoms with Crippen LogP contribution in [0.1, 0.15) is 0 Å². The molecule has 0 N–H and O–H groups in total. The molecule has 7 rings (SSSR count). The van der Waals surface area contributed by atoms with E-state index in [9.17, 15) is 0 Å². The molecule has 0 saturated carbocycles. The van der Waals surface area contributed by atoms with E-state index >= 15 is 0 Å². The summed E-state index contributed by atoms with van der Waals surface area (Å²) < 4.78 is 0. The van der Waals surface area contributed by atoms with E-state index in [0.717, 1.165) is 49.3 Å². The van der Waals surface area contributed by atoms with Crippen LogP contribution in [-0.2, 0) is 0 Å². The summed E-state index contributed by atoms with van der Waals surface area (Å²) >= 11 is 0. The van der Waals surface area contributed by atoms with Gasteiger partial charge in [-0.3, -0.25) is 9.97 Å². The van der Waals surface area contributed by atoms with Crippen LogP contribution >= 0.6 is 0 Å². The highest BCUT2D eigenvalue weighted by atomic mass is 14.8. The SMILES string of the molecule is c1ccc2cc3c(ccc4nc5c(ccc6cc7nccnc7cc65)nc43)cc2c1. The Morgan fingerprint density at radius 3 is 1.70 bits per heavy atom. The van der Waals surface area contributed by atoms with E-state index in [1.807, 2.05) is 6.07 Å².